The van der Waals surface area contributed by atoms with Crippen molar-refractivity contribution < 1.29 is 9.47 Å². The molecule has 29 heavy (non-hydrogen) atoms. The highest BCUT2D eigenvalue weighted by atomic mass is 32.1. The minimum atomic E-state index is 0.0516. The average Bonchev–Trinajstić information content (AvgIpc) is 3.36. The van der Waals surface area contributed by atoms with E-state index in [1.165, 1.54) is 17.9 Å². The molecule has 4 aromatic heterocycles. The third-order valence-corrected chi connectivity index (χ3v) is 5.43. The van der Waals surface area contributed by atoms with Gasteiger partial charge in [0, 0.05) is 19.0 Å². The van der Waals surface area contributed by atoms with E-state index in [1.54, 1.807) is 12.4 Å². The fourth-order valence-corrected chi connectivity index (χ4v) is 3.92. The summed E-state index contributed by atoms with van der Waals surface area (Å²) in [6, 6.07) is 3.90. The Balaban J connectivity index is 1.58. The number of aromatic nitrogens is 6. The lowest BCUT2D eigenvalue weighted by atomic mass is 10.1. The molecule has 0 unspecified atom stereocenters. The SMILES string of the molecule is Cc1cc(Nc2nc(OC3CCOCC3)c3c(ccn3-c3cncnc3)n2)sn1. The van der Waals surface area contributed by atoms with Crippen molar-refractivity contribution in [3.63, 3.8) is 0 Å². The summed E-state index contributed by atoms with van der Waals surface area (Å²) in [4.78, 5) is 17.6. The molecule has 0 atom stereocenters. The molecule has 1 fully saturated rings. The third-order valence-electron chi connectivity index (χ3n) is 4.64. The van der Waals surface area contributed by atoms with E-state index in [-0.39, 0.29) is 6.10 Å². The van der Waals surface area contributed by atoms with Gasteiger partial charge in [-0.2, -0.15) is 9.36 Å². The normalized spacial score (nSPS) is 14.9. The third kappa shape index (κ3) is 3.76. The average molecular weight is 409 g/mol. The van der Waals surface area contributed by atoms with Crippen molar-refractivity contribution in [2.24, 2.45) is 0 Å². The lowest BCUT2D eigenvalue weighted by Crippen LogP contribution is -2.26. The predicted octanol–water partition coefficient (Wildman–Crippen LogP) is 3.28. The zero-order chi connectivity index (χ0) is 19.6. The van der Waals surface area contributed by atoms with Gasteiger partial charge in [-0.3, -0.25) is 0 Å². The first-order chi connectivity index (χ1) is 14.3. The molecule has 10 heteroatoms. The number of rotatable bonds is 5. The van der Waals surface area contributed by atoms with E-state index < -0.39 is 0 Å². The maximum Gasteiger partial charge on any atom is 0.244 e. The first-order valence-corrected chi connectivity index (χ1v) is 10.1. The molecule has 0 bridgehead atoms. The van der Waals surface area contributed by atoms with Crippen LogP contribution in [0.25, 0.3) is 16.7 Å². The Morgan fingerprint density at radius 2 is 2.03 bits per heavy atom. The Bertz CT molecular complexity index is 1120. The number of ether oxygens (including phenoxy) is 2. The van der Waals surface area contributed by atoms with Crippen molar-refractivity contribution in [3.05, 3.63) is 42.7 Å². The molecule has 0 radical (unpaired) electrons. The van der Waals surface area contributed by atoms with E-state index >= 15 is 0 Å². The standard InChI is InChI=1S/C19H19N7O2S/c1-12-8-16(29-25-12)23-19-22-15-2-5-26(13-9-20-11-21-10-13)17(15)18(24-19)28-14-3-6-27-7-4-14/h2,5,8-11,14H,3-4,6-7H2,1H3,(H,22,23,24). The topological polar surface area (TPSA) is 99.9 Å². The maximum atomic E-state index is 6.33. The van der Waals surface area contributed by atoms with Gasteiger partial charge in [-0.15, -0.1) is 0 Å². The molecule has 0 aliphatic carbocycles. The van der Waals surface area contributed by atoms with Crippen molar-refractivity contribution in [1.29, 1.82) is 0 Å². The van der Waals surface area contributed by atoms with Gasteiger partial charge in [0.1, 0.15) is 22.9 Å². The van der Waals surface area contributed by atoms with Crippen LogP contribution in [0, 0.1) is 6.92 Å². The summed E-state index contributed by atoms with van der Waals surface area (Å²) in [5.41, 5.74) is 3.33. The van der Waals surface area contributed by atoms with E-state index in [2.05, 4.69) is 29.6 Å². The summed E-state index contributed by atoms with van der Waals surface area (Å²) >= 11 is 1.37. The van der Waals surface area contributed by atoms with Crippen molar-refractivity contribution >= 4 is 33.5 Å². The molecule has 4 aromatic rings. The van der Waals surface area contributed by atoms with E-state index in [1.807, 2.05) is 29.8 Å². The van der Waals surface area contributed by atoms with Crippen LogP contribution in [0.15, 0.2) is 37.1 Å². The highest BCUT2D eigenvalue weighted by Crippen LogP contribution is 2.31. The molecule has 0 spiro atoms. The summed E-state index contributed by atoms with van der Waals surface area (Å²) < 4.78 is 18.0. The molecule has 148 valence electrons. The Kier molecular flexibility index (Phi) is 4.78. The largest absolute Gasteiger partial charge is 0.473 e. The second kappa shape index (κ2) is 7.72. The van der Waals surface area contributed by atoms with Crippen molar-refractivity contribution in [1.82, 2.24) is 28.9 Å². The van der Waals surface area contributed by atoms with Crippen LogP contribution in [0.2, 0.25) is 0 Å². The number of hydrogen-bond donors (Lipinski definition) is 1. The predicted molar refractivity (Wildman–Crippen MR) is 109 cm³/mol. The fraction of sp³-hybridized carbons (Fsp3) is 0.316. The van der Waals surface area contributed by atoms with Crippen LogP contribution in [-0.4, -0.2) is 48.2 Å². The van der Waals surface area contributed by atoms with Crippen LogP contribution in [-0.2, 0) is 4.74 Å². The molecule has 1 aliphatic rings. The number of fused-ring (bicyclic) bond motifs is 1. The van der Waals surface area contributed by atoms with E-state index in [9.17, 15) is 0 Å². The Morgan fingerprint density at radius 3 is 2.79 bits per heavy atom. The Morgan fingerprint density at radius 1 is 1.21 bits per heavy atom. The minimum Gasteiger partial charge on any atom is -0.473 e. The zero-order valence-corrected chi connectivity index (χ0v) is 16.6. The number of anilines is 2. The lowest BCUT2D eigenvalue weighted by molar-refractivity contribution is 0.0243. The highest BCUT2D eigenvalue weighted by molar-refractivity contribution is 7.10. The molecule has 5 rings (SSSR count). The van der Waals surface area contributed by atoms with Crippen LogP contribution in [0.1, 0.15) is 18.5 Å². The van der Waals surface area contributed by atoms with Gasteiger partial charge in [0.2, 0.25) is 11.8 Å². The minimum absolute atomic E-state index is 0.0516. The first-order valence-electron chi connectivity index (χ1n) is 9.35. The van der Waals surface area contributed by atoms with Gasteiger partial charge in [-0.1, -0.05) is 0 Å². The van der Waals surface area contributed by atoms with Gasteiger partial charge < -0.3 is 19.4 Å². The first kappa shape index (κ1) is 18.0. The quantitative estimate of drug-likeness (QED) is 0.536. The number of aryl methyl sites for hydroxylation is 1. The fourth-order valence-electron chi connectivity index (χ4n) is 3.27. The van der Waals surface area contributed by atoms with Gasteiger partial charge >= 0.3 is 0 Å². The summed E-state index contributed by atoms with van der Waals surface area (Å²) in [7, 11) is 0. The maximum absolute atomic E-state index is 6.33. The van der Waals surface area contributed by atoms with Gasteiger partial charge in [0.25, 0.3) is 0 Å². The van der Waals surface area contributed by atoms with E-state index in [4.69, 9.17) is 9.47 Å². The summed E-state index contributed by atoms with van der Waals surface area (Å²) in [6.45, 7) is 3.34. The molecule has 0 amide bonds. The van der Waals surface area contributed by atoms with Crippen molar-refractivity contribution in [3.8, 4) is 11.6 Å². The van der Waals surface area contributed by atoms with Gasteiger partial charge in [0.15, 0.2) is 0 Å². The van der Waals surface area contributed by atoms with Gasteiger partial charge in [0.05, 0.1) is 42.5 Å². The number of nitrogens with one attached hydrogen (secondary N) is 1. The molecule has 1 N–H and O–H groups in total. The van der Waals surface area contributed by atoms with Crippen LogP contribution < -0.4 is 10.1 Å². The molecular weight excluding hydrogens is 390 g/mol. The second-order valence-electron chi connectivity index (χ2n) is 6.76. The van der Waals surface area contributed by atoms with Crippen molar-refractivity contribution in [2.45, 2.75) is 25.9 Å². The molecular formula is C19H19N7O2S. The van der Waals surface area contributed by atoms with Gasteiger partial charge in [-0.05, 0) is 30.6 Å². The van der Waals surface area contributed by atoms with E-state index in [0.717, 1.165) is 40.3 Å². The molecule has 0 saturated carbocycles. The zero-order valence-electron chi connectivity index (χ0n) is 15.8. The van der Waals surface area contributed by atoms with Gasteiger partial charge in [-0.25, -0.2) is 15.0 Å². The highest BCUT2D eigenvalue weighted by Gasteiger charge is 2.21. The van der Waals surface area contributed by atoms with E-state index in [0.29, 0.717) is 25.0 Å². The molecule has 0 aromatic carbocycles. The summed E-state index contributed by atoms with van der Waals surface area (Å²) in [5.74, 6) is 1.00. The molecule has 1 aliphatic heterocycles. The van der Waals surface area contributed by atoms with Crippen LogP contribution >= 0.6 is 11.5 Å². The molecule has 9 nitrogen and oxygen atoms in total. The monoisotopic (exact) mass is 409 g/mol. The van der Waals surface area contributed by atoms with Crippen LogP contribution in [0.4, 0.5) is 10.9 Å². The summed E-state index contributed by atoms with van der Waals surface area (Å²) in [6.07, 6.45) is 8.64. The second-order valence-corrected chi connectivity index (χ2v) is 7.56. The molecule has 5 heterocycles. The summed E-state index contributed by atoms with van der Waals surface area (Å²) in [5, 5.41) is 4.12. The van der Waals surface area contributed by atoms with Crippen LogP contribution in [0.5, 0.6) is 5.88 Å². The van der Waals surface area contributed by atoms with Crippen molar-refractivity contribution in [2.75, 3.05) is 18.5 Å². The number of nitrogens with zero attached hydrogens (tertiary/aromatic N) is 6. The number of hydrogen-bond acceptors (Lipinski definition) is 9. The Hall–Kier alpha value is -3.11. The van der Waals surface area contributed by atoms with Crippen LogP contribution in [0.3, 0.4) is 0 Å². The molecule has 1 saturated heterocycles. The Labute approximate surface area is 170 Å². The lowest BCUT2D eigenvalue weighted by Gasteiger charge is -2.23. The smallest absolute Gasteiger partial charge is 0.244 e.